The molecule has 0 saturated heterocycles. The van der Waals surface area contributed by atoms with Gasteiger partial charge in [0.1, 0.15) is 12.6 Å². The molecule has 35 heavy (non-hydrogen) atoms. The van der Waals surface area contributed by atoms with Crippen molar-refractivity contribution in [2.75, 3.05) is 6.61 Å². The SMILES string of the molecule is O=C(O)CC(NC(=O)CC1CC(NC(=O)OCC2c3ccccc3-c3ccccc32)C1)C(F)(F)F. The Labute approximate surface area is 199 Å². The van der Waals surface area contributed by atoms with Crippen molar-refractivity contribution in [2.24, 2.45) is 5.92 Å². The van der Waals surface area contributed by atoms with Crippen molar-refractivity contribution in [1.82, 2.24) is 10.6 Å². The Kier molecular flexibility index (Phi) is 7.00. The predicted molar refractivity (Wildman–Crippen MR) is 120 cm³/mol. The number of carboxylic acid groups (broad SMARTS) is 1. The molecular formula is C25H25F3N2O5. The van der Waals surface area contributed by atoms with Crippen LogP contribution in [0.25, 0.3) is 11.1 Å². The Morgan fingerprint density at radius 3 is 2.11 bits per heavy atom. The van der Waals surface area contributed by atoms with Gasteiger partial charge in [0.2, 0.25) is 5.91 Å². The van der Waals surface area contributed by atoms with Crippen LogP contribution in [-0.4, -0.2) is 47.9 Å². The number of fused-ring (bicyclic) bond motifs is 3. The highest BCUT2D eigenvalue weighted by molar-refractivity contribution is 5.79. The number of carbonyl (C=O) groups excluding carboxylic acids is 2. The van der Waals surface area contributed by atoms with Gasteiger partial charge in [-0.05, 0) is 41.0 Å². The molecule has 1 fully saturated rings. The summed E-state index contributed by atoms with van der Waals surface area (Å²) >= 11 is 0. The summed E-state index contributed by atoms with van der Waals surface area (Å²) in [4.78, 5) is 34.9. The molecule has 0 bridgehead atoms. The molecule has 2 aromatic carbocycles. The molecule has 1 saturated carbocycles. The first-order valence-corrected chi connectivity index (χ1v) is 11.3. The van der Waals surface area contributed by atoms with Gasteiger partial charge in [0.25, 0.3) is 0 Å². The van der Waals surface area contributed by atoms with Crippen LogP contribution in [0.4, 0.5) is 18.0 Å². The van der Waals surface area contributed by atoms with E-state index >= 15 is 0 Å². The van der Waals surface area contributed by atoms with Crippen LogP contribution < -0.4 is 10.6 Å². The predicted octanol–water partition coefficient (Wildman–Crippen LogP) is 4.22. The van der Waals surface area contributed by atoms with E-state index < -0.39 is 36.6 Å². The summed E-state index contributed by atoms with van der Waals surface area (Å²) in [6.45, 7) is 0.167. The van der Waals surface area contributed by atoms with Gasteiger partial charge in [-0.1, -0.05) is 48.5 Å². The van der Waals surface area contributed by atoms with E-state index in [-0.39, 0.29) is 30.9 Å². The molecule has 2 amide bonds. The van der Waals surface area contributed by atoms with E-state index in [2.05, 4.69) is 5.32 Å². The molecule has 2 aliphatic carbocycles. The van der Waals surface area contributed by atoms with Gasteiger partial charge in [-0.2, -0.15) is 13.2 Å². The Balaban J connectivity index is 1.22. The molecule has 7 nitrogen and oxygen atoms in total. The number of hydrogen-bond donors (Lipinski definition) is 3. The molecule has 0 heterocycles. The molecule has 0 spiro atoms. The average molecular weight is 490 g/mol. The topological polar surface area (TPSA) is 105 Å². The van der Waals surface area contributed by atoms with E-state index in [0.29, 0.717) is 12.8 Å². The average Bonchev–Trinajstić information content (AvgIpc) is 3.08. The molecule has 186 valence electrons. The van der Waals surface area contributed by atoms with Crippen LogP contribution in [0.5, 0.6) is 0 Å². The second kappa shape index (κ2) is 9.97. The highest BCUT2D eigenvalue weighted by atomic mass is 19.4. The van der Waals surface area contributed by atoms with Gasteiger partial charge in [-0.25, -0.2) is 4.79 Å². The fourth-order valence-electron chi connectivity index (χ4n) is 4.77. The third kappa shape index (κ3) is 5.75. The number of halogens is 3. The van der Waals surface area contributed by atoms with Gasteiger partial charge in [0.05, 0.1) is 6.42 Å². The van der Waals surface area contributed by atoms with Gasteiger partial charge in [0.15, 0.2) is 0 Å². The van der Waals surface area contributed by atoms with E-state index in [4.69, 9.17) is 9.84 Å². The van der Waals surface area contributed by atoms with Crippen molar-refractivity contribution in [3.05, 3.63) is 59.7 Å². The monoisotopic (exact) mass is 490 g/mol. The zero-order chi connectivity index (χ0) is 25.2. The zero-order valence-corrected chi connectivity index (χ0v) is 18.7. The molecular weight excluding hydrogens is 465 g/mol. The minimum atomic E-state index is -4.85. The molecule has 0 radical (unpaired) electrons. The second-order valence-electron chi connectivity index (χ2n) is 8.97. The number of alkyl halides is 3. The van der Waals surface area contributed by atoms with Crippen molar-refractivity contribution < 1.29 is 37.4 Å². The van der Waals surface area contributed by atoms with Gasteiger partial charge >= 0.3 is 18.2 Å². The van der Waals surface area contributed by atoms with E-state index in [0.717, 1.165) is 22.3 Å². The van der Waals surface area contributed by atoms with Crippen LogP contribution in [0.3, 0.4) is 0 Å². The van der Waals surface area contributed by atoms with Crippen LogP contribution >= 0.6 is 0 Å². The Morgan fingerprint density at radius 1 is 1.00 bits per heavy atom. The minimum Gasteiger partial charge on any atom is -0.481 e. The highest BCUT2D eigenvalue weighted by Gasteiger charge is 2.42. The number of amides is 2. The van der Waals surface area contributed by atoms with Crippen LogP contribution in [0.2, 0.25) is 0 Å². The molecule has 2 aromatic rings. The van der Waals surface area contributed by atoms with E-state index in [9.17, 15) is 27.6 Å². The smallest absolute Gasteiger partial charge is 0.409 e. The number of ether oxygens (including phenoxy) is 1. The number of aliphatic carboxylic acids is 1. The number of nitrogens with one attached hydrogen (secondary N) is 2. The lowest BCUT2D eigenvalue weighted by Crippen LogP contribution is -2.49. The van der Waals surface area contributed by atoms with E-state index in [1.807, 2.05) is 48.5 Å². The number of carbonyl (C=O) groups is 3. The first kappa shape index (κ1) is 24.6. The van der Waals surface area contributed by atoms with Crippen LogP contribution in [-0.2, 0) is 14.3 Å². The van der Waals surface area contributed by atoms with E-state index in [1.54, 1.807) is 5.32 Å². The first-order valence-electron chi connectivity index (χ1n) is 11.3. The summed E-state index contributed by atoms with van der Waals surface area (Å²) < 4.78 is 44.1. The summed E-state index contributed by atoms with van der Waals surface area (Å²) in [5.74, 6) is -2.78. The molecule has 1 atom stereocenters. The largest absolute Gasteiger partial charge is 0.481 e. The number of rotatable bonds is 8. The molecule has 3 N–H and O–H groups in total. The van der Waals surface area contributed by atoms with E-state index in [1.165, 1.54) is 0 Å². The van der Waals surface area contributed by atoms with Gasteiger partial charge in [-0.3, -0.25) is 9.59 Å². The number of carboxylic acids is 1. The minimum absolute atomic E-state index is 0.0710. The Hall–Kier alpha value is -3.56. The summed E-state index contributed by atoms with van der Waals surface area (Å²) in [6, 6.07) is 13.3. The van der Waals surface area contributed by atoms with Crippen LogP contribution in [0, 0.1) is 5.92 Å². The molecule has 4 rings (SSSR count). The van der Waals surface area contributed by atoms with Crippen molar-refractivity contribution in [1.29, 1.82) is 0 Å². The lowest BCUT2D eigenvalue weighted by molar-refractivity contribution is -0.170. The number of alkyl carbamates (subject to hydrolysis) is 1. The van der Waals surface area contributed by atoms with Crippen molar-refractivity contribution in [3.63, 3.8) is 0 Å². The van der Waals surface area contributed by atoms with Gasteiger partial charge in [0, 0.05) is 18.4 Å². The quantitative estimate of drug-likeness (QED) is 0.514. The van der Waals surface area contributed by atoms with Crippen molar-refractivity contribution in [3.8, 4) is 11.1 Å². The fraction of sp³-hybridized carbons (Fsp3) is 0.400. The van der Waals surface area contributed by atoms with Crippen LogP contribution in [0.15, 0.2) is 48.5 Å². The maximum Gasteiger partial charge on any atom is 0.409 e. The van der Waals surface area contributed by atoms with Gasteiger partial charge < -0.3 is 20.5 Å². The molecule has 2 aliphatic rings. The summed E-state index contributed by atoms with van der Waals surface area (Å²) in [7, 11) is 0. The molecule has 1 unspecified atom stereocenters. The van der Waals surface area contributed by atoms with Crippen molar-refractivity contribution in [2.45, 2.75) is 49.9 Å². The zero-order valence-electron chi connectivity index (χ0n) is 18.7. The molecule has 10 heteroatoms. The lowest BCUT2D eigenvalue weighted by Gasteiger charge is -2.35. The van der Waals surface area contributed by atoms with Gasteiger partial charge in [-0.15, -0.1) is 0 Å². The highest BCUT2D eigenvalue weighted by Crippen LogP contribution is 2.44. The Morgan fingerprint density at radius 2 is 1.57 bits per heavy atom. The third-order valence-corrected chi connectivity index (χ3v) is 6.48. The standard InChI is InChI=1S/C25H25F3N2O5/c26-25(27,28)21(12-23(32)33)30-22(31)11-14-9-15(10-14)29-24(34)35-13-20-18-7-3-1-5-16(18)17-6-2-4-8-19(17)20/h1-8,14-15,20-21H,9-13H2,(H,29,34)(H,30,31)(H,32,33). The molecule has 0 aromatic heterocycles. The maximum absolute atomic E-state index is 12.9. The fourth-order valence-corrected chi connectivity index (χ4v) is 4.77. The Bertz CT molecular complexity index is 1070. The second-order valence-corrected chi connectivity index (χ2v) is 8.97. The normalized spacial score (nSPS) is 19.6. The summed E-state index contributed by atoms with van der Waals surface area (Å²) in [6.07, 6.45) is -5.98. The lowest BCUT2D eigenvalue weighted by atomic mass is 9.78. The summed E-state index contributed by atoms with van der Waals surface area (Å²) in [5.41, 5.74) is 4.43. The summed E-state index contributed by atoms with van der Waals surface area (Å²) in [5, 5.41) is 13.1. The first-order chi connectivity index (χ1) is 16.6. The molecule has 0 aliphatic heterocycles. The number of hydrogen-bond acceptors (Lipinski definition) is 4. The maximum atomic E-state index is 12.9. The van der Waals surface area contributed by atoms with Crippen molar-refractivity contribution >= 4 is 18.0 Å². The third-order valence-electron chi connectivity index (χ3n) is 6.48. The van der Waals surface area contributed by atoms with Crippen LogP contribution in [0.1, 0.15) is 42.7 Å². The number of benzene rings is 2.